The zero-order chi connectivity index (χ0) is 18.8. The minimum Gasteiger partial charge on any atom is -0.326 e. The van der Waals surface area contributed by atoms with Gasteiger partial charge in [-0.15, -0.1) is 0 Å². The molecule has 0 bridgehead atoms. The van der Waals surface area contributed by atoms with E-state index in [9.17, 15) is 9.59 Å². The fourth-order valence-corrected chi connectivity index (χ4v) is 2.84. The second-order valence-electron chi connectivity index (χ2n) is 6.13. The van der Waals surface area contributed by atoms with Crippen LogP contribution < -0.4 is 10.6 Å². The Bertz CT molecular complexity index is 1190. The number of carbonyl (C=O) groups is 2. The highest BCUT2D eigenvalue weighted by Gasteiger charge is 2.09. The van der Waals surface area contributed by atoms with E-state index in [1.807, 2.05) is 24.3 Å². The SMILES string of the molecule is CC(=O)Nc1cccc(NC(=O)c2ccc3nc4ccccc4nc3c2)c1. The van der Waals surface area contributed by atoms with Crippen LogP contribution >= 0.6 is 0 Å². The summed E-state index contributed by atoms with van der Waals surface area (Å²) in [6, 6.07) is 19.8. The smallest absolute Gasteiger partial charge is 0.255 e. The van der Waals surface area contributed by atoms with Gasteiger partial charge in [0.15, 0.2) is 0 Å². The van der Waals surface area contributed by atoms with Gasteiger partial charge in [-0.05, 0) is 48.5 Å². The normalized spacial score (nSPS) is 10.7. The average Bonchev–Trinajstić information content (AvgIpc) is 2.65. The monoisotopic (exact) mass is 356 g/mol. The fourth-order valence-electron chi connectivity index (χ4n) is 2.84. The Morgan fingerprint density at radius 1 is 0.704 bits per heavy atom. The number of hydrogen-bond donors (Lipinski definition) is 2. The van der Waals surface area contributed by atoms with E-state index < -0.39 is 0 Å². The van der Waals surface area contributed by atoms with E-state index in [4.69, 9.17) is 0 Å². The first-order valence-electron chi connectivity index (χ1n) is 8.44. The molecule has 2 amide bonds. The Labute approximate surface area is 155 Å². The summed E-state index contributed by atoms with van der Waals surface area (Å²) in [5.41, 5.74) is 4.69. The first kappa shape index (κ1) is 16.7. The van der Waals surface area contributed by atoms with Gasteiger partial charge in [0.25, 0.3) is 5.91 Å². The third-order valence-corrected chi connectivity index (χ3v) is 4.04. The lowest BCUT2D eigenvalue weighted by molar-refractivity contribution is -0.114. The van der Waals surface area contributed by atoms with Crippen molar-refractivity contribution in [3.63, 3.8) is 0 Å². The Hall–Kier alpha value is -3.80. The largest absolute Gasteiger partial charge is 0.326 e. The van der Waals surface area contributed by atoms with Crippen LogP contribution in [0.1, 0.15) is 17.3 Å². The average molecular weight is 356 g/mol. The Kier molecular flexibility index (Phi) is 4.22. The first-order chi connectivity index (χ1) is 13.1. The molecule has 0 aliphatic carbocycles. The fraction of sp³-hybridized carbons (Fsp3) is 0.0476. The van der Waals surface area contributed by atoms with Gasteiger partial charge in [-0.25, -0.2) is 9.97 Å². The molecular weight excluding hydrogens is 340 g/mol. The van der Waals surface area contributed by atoms with Crippen molar-refractivity contribution in [3.8, 4) is 0 Å². The van der Waals surface area contributed by atoms with Crippen molar-refractivity contribution >= 4 is 45.3 Å². The molecule has 1 aromatic heterocycles. The van der Waals surface area contributed by atoms with Crippen LogP contribution in [0.15, 0.2) is 66.7 Å². The topological polar surface area (TPSA) is 84.0 Å². The van der Waals surface area contributed by atoms with Crippen molar-refractivity contribution < 1.29 is 9.59 Å². The van der Waals surface area contributed by atoms with E-state index in [0.717, 1.165) is 16.6 Å². The van der Waals surface area contributed by atoms with Crippen LogP contribution in [0, 0.1) is 0 Å². The lowest BCUT2D eigenvalue weighted by Gasteiger charge is -2.08. The molecule has 4 rings (SSSR count). The number of aromatic nitrogens is 2. The Balaban J connectivity index is 1.62. The molecule has 6 heteroatoms. The minimum atomic E-state index is -0.258. The molecule has 132 valence electrons. The number of anilines is 2. The van der Waals surface area contributed by atoms with Crippen LogP contribution in [-0.2, 0) is 4.79 Å². The van der Waals surface area contributed by atoms with Gasteiger partial charge in [-0.1, -0.05) is 18.2 Å². The molecule has 0 aliphatic heterocycles. The molecule has 0 saturated carbocycles. The molecule has 3 aromatic carbocycles. The molecule has 1 heterocycles. The van der Waals surface area contributed by atoms with E-state index in [1.54, 1.807) is 42.5 Å². The van der Waals surface area contributed by atoms with Crippen molar-refractivity contribution in [3.05, 3.63) is 72.3 Å². The molecule has 0 aliphatic rings. The number of fused-ring (bicyclic) bond motifs is 2. The second kappa shape index (κ2) is 6.84. The molecule has 0 fully saturated rings. The van der Waals surface area contributed by atoms with Gasteiger partial charge in [-0.2, -0.15) is 0 Å². The lowest BCUT2D eigenvalue weighted by atomic mass is 10.1. The van der Waals surface area contributed by atoms with Gasteiger partial charge < -0.3 is 10.6 Å². The van der Waals surface area contributed by atoms with E-state index in [1.165, 1.54) is 6.92 Å². The third-order valence-electron chi connectivity index (χ3n) is 4.04. The lowest BCUT2D eigenvalue weighted by Crippen LogP contribution is -2.12. The molecule has 27 heavy (non-hydrogen) atoms. The summed E-state index contributed by atoms with van der Waals surface area (Å²) in [6.07, 6.45) is 0. The zero-order valence-electron chi connectivity index (χ0n) is 14.6. The summed E-state index contributed by atoms with van der Waals surface area (Å²) in [7, 11) is 0. The van der Waals surface area contributed by atoms with Crippen molar-refractivity contribution in [1.82, 2.24) is 9.97 Å². The summed E-state index contributed by atoms with van der Waals surface area (Å²) in [5.74, 6) is -0.425. The van der Waals surface area contributed by atoms with E-state index in [-0.39, 0.29) is 11.8 Å². The molecule has 0 atom stereocenters. The summed E-state index contributed by atoms with van der Waals surface area (Å²) in [4.78, 5) is 32.9. The molecular formula is C21H16N4O2. The highest BCUT2D eigenvalue weighted by atomic mass is 16.2. The maximum atomic E-state index is 12.6. The minimum absolute atomic E-state index is 0.168. The van der Waals surface area contributed by atoms with E-state index in [0.29, 0.717) is 22.5 Å². The maximum absolute atomic E-state index is 12.6. The van der Waals surface area contributed by atoms with Gasteiger partial charge in [0.05, 0.1) is 22.1 Å². The summed E-state index contributed by atoms with van der Waals surface area (Å²) < 4.78 is 0. The standard InChI is InChI=1S/C21H16N4O2/c1-13(26)22-15-5-4-6-16(12-15)23-21(27)14-9-10-19-20(11-14)25-18-8-3-2-7-17(18)24-19/h2-12H,1H3,(H,22,26)(H,23,27). The van der Waals surface area contributed by atoms with Crippen LogP contribution in [0.25, 0.3) is 22.1 Å². The number of carbonyl (C=O) groups excluding carboxylic acids is 2. The van der Waals surface area contributed by atoms with E-state index in [2.05, 4.69) is 20.6 Å². The van der Waals surface area contributed by atoms with Crippen LogP contribution in [0.2, 0.25) is 0 Å². The van der Waals surface area contributed by atoms with Gasteiger partial charge in [0, 0.05) is 23.9 Å². The quantitative estimate of drug-likeness (QED) is 0.544. The highest BCUT2D eigenvalue weighted by molar-refractivity contribution is 6.06. The number of para-hydroxylation sites is 2. The van der Waals surface area contributed by atoms with Crippen molar-refractivity contribution in [2.75, 3.05) is 10.6 Å². The predicted molar refractivity (Wildman–Crippen MR) is 106 cm³/mol. The number of rotatable bonds is 3. The van der Waals surface area contributed by atoms with E-state index >= 15 is 0 Å². The molecule has 0 spiro atoms. The summed E-state index contributed by atoms with van der Waals surface area (Å²) in [6.45, 7) is 1.44. The molecule has 0 unspecified atom stereocenters. The van der Waals surface area contributed by atoms with Crippen LogP contribution in [0.3, 0.4) is 0 Å². The second-order valence-corrected chi connectivity index (χ2v) is 6.13. The number of nitrogens with one attached hydrogen (secondary N) is 2. The molecule has 0 radical (unpaired) electrons. The zero-order valence-corrected chi connectivity index (χ0v) is 14.6. The molecule has 4 aromatic rings. The maximum Gasteiger partial charge on any atom is 0.255 e. The number of hydrogen-bond acceptors (Lipinski definition) is 4. The first-order valence-corrected chi connectivity index (χ1v) is 8.44. The molecule has 0 saturated heterocycles. The van der Waals surface area contributed by atoms with Crippen molar-refractivity contribution in [2.24, 2.45) is 0 Å². The van der Waals surface area contributed by atoms with Crippen molar-refractivity contribution in [1.29, 1.82) is 0 Å². The summed E-state index contributed by atoms with van der Waals surface area (Å²) in [5, 5.41) is 5.53. The van der Waals surface area contributed by atoms with Gasteiger partial charge in [0.1, 0.15) is 0 Å². The van der Waals surface area contributed by atoms with Gasteiger partial charge in [-0.3, -0.25) is 9.59 Å². The van der Waals surface area contributed by atoms with Crippen molar-refractivity contribution in [2.45, 2.75) is 6.92 Å². The van der Waals surface area contributed by atoms with Gasteiger partial charge >= 0.3 is 0 Å². The Morgan fingerprint density at radius 3 is 2.04 bits per heavy atom. The number of nitrogens with zero attached hydrogens (tertiary/aromatic N) is 2. The van der Waals surface area contributed by atoms with Gasteiger partial charge in [0.2, 0.25) is 5.91 Å². The molecule has 2 N–H and O–H groups in total. The summed E-state index contributed by atoms with van der Waals surface area (Å²) >= 11 is 0. The number of amides is 2. The number of benzene rings is 3. The highest BCUT2D eigenvalue weighted by Crippen LogP contribution is 2.19. The van der Waals surface area contributed by atoms with Crippen LogP contribution in [-0.4, -0.2) is 21.8 Å². The predicted octanol–water partition coefficient (Wildman–Crippen LogP) is 3.99. The van der Waals surface area contributed by atoms with Crippen LogP contribution in [0.4, 0.5) is 11.4 Å². The third kappa shape index (κ3) is 3.59. The van der Waals surface area contributed by atoms with Crippen LogP contribution in [0.5, 0.6) is 0 Å². The molecule has 6 nitrogen and oxygen atoms in total. The Morgan fingerprint density at radius 2 is 1.33 bits per heavy atom.